The van der Waals surface area contributed by atoms with Crippen molar-refractivity contribution in [1.29, 1.82) is 0 Å². The monoisotopic (exact) mass is 224 g/mol. The van der Waals surface area contributed by atoms with Gasteiger partial charge in [0.05, 0.1) is 5.52 Å². The van der Waals surface area contributed by atoms with Crippen molar-refractivity contribution >= 4 is 10.9 Å². The molecule has 2 aromatic rings. The molecule has 0 aliphatic rings. The first-order valence-corrected chi connectivity index (χ1v) is 5.17. The topological polar surface area (TPSA) is 19.0 Å². The third kappa shape index (κ3) is 2.07. The van der Waals surface area contributed by atoms with Crippen LogP contribution in [-0.4, -0.2) is 30.5 Å². The van der Waals surface area contributed by atoms with Gasteiger partial charge in [-0.25, -0.2) is 8.78 Å². The third-order valence-electron chi connectivity index (χ3n) is 2.62. The van der Waals surface area contributed by atoms with Gasteiger partial charge in [0, 0.05) is 24.2 Å². The molecule has 2 rings (SSSR count). The van der Waals surface area contributed by atoms with Crippen molar-refractivity contribution < 1.29 is 8.78 Å². The molecule has 16 heavy (non-hydrogen) atoms. The highest BCUT2D eigenvalue weighted by molar-refractivity contribution is 5.83. The molecule has 1 N–H and O–H groups in total. The van der Waals surface area contributed by atoms with Gasteiger partial charge in [-0.1, -0.05) is 0 Å². The Labute approximate surface area is 92.9 Å². The molecule has 0 saturated heterocycles. The van der Waals surface area contributed by atoms with Gasteiger partial charge in [-0.05, 0) is 32.1 Å². The first kappa shape index (κ1) is 11.1. The molecule has 4 heteroatoms. The summed E-state index contributed by atoms with van der Waals surface area (Å²) in [6, 6.07) is 2.27. The fourth-order valence-corrected chi connectivity index (χ4v) is 1.76. The summed E-state index contributed by atoms with van der Waals surface area (Å²) in [5.74, 6) is -1.07. The zero-order valence-electron chi connectivity index (χ0n) is 9.35. The zero-order valence-corrected chi connectivity index (χ0v) is 9.35. The van der Waals surface area contributed by atoms with Crippen molar-refractivity contribution in [2.24, 2.45) is 0 Å². The predicted octanol–water partition coefficient (Wildman–Crippen LogP) is 2.55. The molecule has 0 bridgehead atoms. The largest absolute Gasteiger partial charge is 0.359 e. The van der Waals surface area contributed by atoms with Crippen LogP contribution in [0.1, 0.15) is 5.56 Å². The molecule has 0 unspecified atom stereocenters. The van der Waals surface area contributed by atoms with Crippen molar-refractivity contribution in [2.45, 2.75) is 6.42 Å². The predicted molar refractivity (Wildman–Crippen MR) is 60.5 cm³/mol. The molecule has 2 nitrogen and oxygen atoms in total. The zero-order chi connectivity index (χ0) is 11.7. The van der Waals surface area contributed by atoms with Gasteiger partial charge in [0.25, 0.3) is 0 Å². The highest BCUT2D eigenvalue weighted by Crippen LogP contribution is 2.22. The summed E-state index contributed by atoms with van der Waals surface area (Å²) in [6.45, 7) is 0.852. The number of aromatic amines is 1. The maximum atomic E-state index is 13.4. The second kappa shape index (κ2) is 4.22. The molecule has 1 aromatic heterocycles. The Bertz CT molecular complexity index is 503. The summed E-state index contributed by atoms with van der Waals surface area (Å²) in [7, 11) is 3.94. The SMILES string of the molecule is CN(C)CCc1c[nH]c2c(F)cc(F)cc12. The van der Waals surface area contributed by atoms with Crippen molar-refractivity contribution in [3.63, 3.8) is 0 Å². The van der Waals surface area contributed by atoms with Crippen LogP contribution in [0.25, 0.3) is 10.9 Å². The first-order valence-electron chi connectivity index (χ1n) is 5.17. The summed E-state index contributed by atoms with van der Waals surface area (Å²) < 4.78 is 26.5. The highest BCUT2D eigenvalue weighted by atomic mass is 19.1. The van der Waals surface area contributed by atoms with Crippen molar-refractivity contribution in [3.8, 4) is 0 Å². The summed E-state index contributed by atoms with van der Waals surface area (Å²) in [5.41, 5.74) is 1.33. The number of hydrogen-bond acceptors (Lipinski definition) is 1. The lowest BCUT2D eigenvalue weighted by Gasteiger charge is -2.08. The van der Waals surface area contributed by atoms with Gasteiger partial charge >= 0.3 is 0 Å². The highest BCUT2D eigenvalue weighted by Gasteiger charge is 2.09. The van der Waals surface area contributed by atoms with Gasteiger partial charge < -0.3 is 9.88 Å². The van der Waals surface area contributed by atoms with Crippen LogP contribution >= 0.6 is 0 Å². The number of benzene rings is 1. The smallest absolute Gasteiger partial charge is 0.150 e. The maximum Gasteiger partial charge on any atom is 0.150 e. The van der Waals surface area contributed by atoms with E-state index in [4.69, 9.17) is 0 Å². The van der Waals surface area contributed by atoms with E-state index in [1.165, 1.54) is 6.07 Å². The normalized spacial score (nSPS) is 11.6. The molecule has 86 valence electrons. The molecule has 0 aliphatic heterocycles. The van der Waals surface area contributed by atoms with Crippen molar-refractivity contribution in [2.75, 3.05) is 20.6 Å². The number of nitrogens with zero attached hydrogens (tertiary/aromatic N) is 1. The van der Waals surface area contributed by atoms with Crippen LogP contribution in [0.3, 0.4) is 0 Å². The summed E-state index contributed by atoms with van der Waals surface area (Å²) in [6.07, 6.45) is 2.52. The minimum absolute atomic E-state index is 0.384. The quantitative estimate of drug-likeness (QED) is 0.848. The van der Waals surface area contributed by atoms with Gasteiger partial charge in [-0.15, -0.1) is 0 Å². The van der Waals surface area contributed by atoms with Crippen LogP contribution in [0.15, 0.2) is 18.3 Å². The summed E-state index contributed by atoms with van der Waals surface area (Å²) in [5, 5.41) is 0.638. The molecular weight excluding hydrogens is 210 g/mol. The number of halogens is 2. The fraction of sp³-hybridized carbons (Fsp3) is 0.333. The fourth-order valence-electron chi connectivity index (χ4n) is 1.76. The van der Waals surface area contributed by atoms with Crippen molar-refractivity contribution in [1.82, 2.24) is 9.88 Å². The standard InChI is InChI=1S/C12H14F2N2/c1-16(2)4-3-8-7-15-12-10(8)5-9(13)6-11(12)14/h5-7,15H,3-4H2,1-2H3. The van der Waals surface area contributed by atoms with E-state index in [2.05, 4.69) is 4.98 Å². The number of hydrogen-bond donors (Lipinski definition) is 1. The molecule has 0 fully saturated rings. The van der Waals surface area contributed by atoms with Crippen LogP contribution in [0, 0.1) is 11.6 Å². The molecule has 0 aliphatic carbocycles. The number of likely N-dealkylation sites (N-methyl/N-ethyl adjacent to an activating group) is 1. The Balaban J connectivity index is 2.40. The second-order valence-corrected chi connectivity index (χ2v) is 4.18. The molecule has 1 heterocycles. The van der Waals surface area contributed by atoms with E-state index in [0.717, 1.165) is 24.6 Å². The van der Waals surface area contributed by atoms with E-state index in [9.17, 15) is 8.78 Å². The van der Waals surface area contributed by atoms with Crippen LogP contribution < -0.4 is 0 Å². The van der Waals surface area contributed by atoms with Crippen LogP contribution in [-0.2, 0) is 6.42 Å². The summed E-state index contributed by atoms with van der Waals surface area (Å²) >= 11 is 0. The molecule has 0 atom stereocenters. The van der Waals surface area contributed by atoms with E-state index >= 15 is 0 Å². The van der Waals surface area contributed by atoms with E-state index < -0.39 is 11.6 Å². The Kier molecular flexibility index (Phi) is 2.92. The van der Waals surface area contributed by atoms with Gasteiger partial charge in [0.15, 0.2) is 0 Å². The van der Waals surface area contributed by atoms with Crippen molar-refractivity contribution in [3.05, 3.63) is 35.5 Å². The number of aromatic nitrogens is 1. The lowest BCUT2D eigenvalue weighted by atomic mass is 10.1. The van der Waals surface area contributed by atoms with Gasteiger partial charge in [-0.2, -0.15) is 0 Å². The lowest BCUT2D eigenvalue weighted by Crippen LogP contribution is -2.14. The Hall–Kier alpha value is -1.42. The Morgan fingerprint density at radius 1 is 1.25 bits per heavy atom. The molecule has 0 amide bonds. The van der Waals surface area contributed by atoms with Gasteiger partial charge in [0.1, 0.15) is 11.6 Å². The lowest BCUT2D eigenvalue weighted by molar-refractivity contribution is 0.414. The Morgan fingerprint density at radius 2 is 2.00 bits per heavy atom. The molecular formula is C12H14F2N2. The maximum absolute atomic E-state index is 13.4. The third-order valence-corrected chi connectivity index (χ3v) is 2.62. The average Bonchev–Trinajstić information content (AvgIpc) is 2.58. The molecule has 0 saturated carbocycles. The van der Waals surface area contributed by atoms with E-state index in [0.29, 0.717) is 10.9 Å². The van der Waals surface area contributed by atoms with Gasteiger partial charge in [0.2, 0.25) is 0 Å². The molecule has 0 spiro atoms. The minimum atomic E-state index is -0.536. The second-order valence-electron chi connectivity index (χ2n) is 4.18. The minimum Gasteiger partial charge on any atom is -0.359 e. The van der Waals surface area contributed by atoms with E-state index in [-0.39, 0.29) is 0 Å². The first-order chi connectivity index (χ1) is 7.58. The Morgan fingerprint density at radius 3 is 2.69 bits per heavy atom. The number of nitrogens with one attached hydrogen (secondary N) is 1. The number of rotatable bonds is 3. The van der Waals surface area contributed by atoms with E-state index in [1.807, 2.05) is 19.0 Å². The van der Waals surface area contributed by atoms with E-state index in [1.54, 1.807) is 6.20 Å². The van der Waals surface area contributed by atoms with Crippen LogP contribution in [0.4, 0.5) is 8.78 Å². The van der Waals surface area contributed by atoms with Crippen LogP contribution in [0.5, 0.6) is 0 Å². The summed E-state index contributed by atoms with van der Waals surface area (Å²) in [4.78, 5) is 4.88. The number of fused-ring (bicyclic) bond motifs is 1. The molecule has 1 aromatic carbocycles. The van der Waals surface area contributed by atoms with Gasteiger partial charge in [-0.3, -0.25) is 0 Å². The van der Waals surface area contributed by atoms with Crippen LogP contribution in [0.2, 0.25) is 0 Å². The average molecular weight is 224 g/mol. The molecule has 0 radical (unpaired) electrons. The number of H-pyrrole nitrogens is 1.